The summed E-state index contributed by atoms with van der Waals surface area (Å²) in [4.78, 5) is 25.1. The van der Waals surface area contributed by atoms with Gasteiger partial charge in [-0.2, -0.15) is 0 Å². The van der Waals surface area contributed by atoms with Gasteiger partial charge in [-0.3, -0.25) is 14.5 Å². The van der Waals surface area contributed by atoms with E-state index in [1.54, 1.807) is 24.3 Å². The molecule has 0 spiro atoms. The van der Waals surface area contributed by atoms with Crippen LogP contribution in [-0.2, 0) is 9.59 Å². The van der Waals surface area contributed by atoms with Crippen molar-refractivity contribution >= 4 is 23.2 Å². The predicted molar refractivity (Wildman–Crippen MR) is 77.9 cm³/mol. The lowest BCUT2D eigenvalue weighted by Crippen LogP contribution is -2.41. The fourth-order valence-electron chi connectivity index (χ4n) is 2.45. The Morgan fingerprint density at radius 3 is 2.65 bits per heavy atom. The minimum atomic E-state index is -0.304. The molecule has 2 amide bonds. The Labute approximate surface area is 118 Å². The van der Waals surface area contributed by atoms with Crippen LogP contribution >= 0.6 is 0 Å². The topological polar surface area (TPSA) is 101 Å². The molecule has 1 aliphatic rings. The average molecular weight is 276 g/mol. The summed E-state index contributed by atoms with van der Waals surface area (Å²) in [5.74, 6) is -0.383. The average Bonchev–Trinajstić information content (AvgIpc) is 2.88. The van der Waals surface area contributed by atoms with Gasteiger partial charge in [0.25, 0.3) is 0 Å². The lowest BCUT2D eigenvalue weighted by atomic mass is 10.2. The van der Waals surface area contributed by atoms with E-state index in [-0.39, 0.29) is 17.9 Å². The maximum Gasteiger partial charge on any atom is 0.234 e. The molecule has 0 aliphatic carbocycles. The first-order chi connectivity index (χ1) is 9.56. The van der Waals surface area contributed by atoms with Crippen molar-refractivity contribution in [2.75, 3.05) is 24.1 Å². The zero-order valence-electron chi connectivity index (χ0n) is 11.3. The summed E-state index contributed by atoms with van der Waals surface area (Å²) < 4.78 is 0. The monoisotopic (exact) mass is 276 g/mol. The van der Waals surface area contributed by atoms with E-state index in [9.17, 15) is 9.59 Å². The lowest BCUT2D eigenvalue weighted by Gasteiger charge is -2.21. The van der Waals surface area contributed by atoms with Crippen molar-refractivity contribution < 1.29 is 9.59 Å². The second-order valence-electron chi connectivity index (χ2n) is 5.02. The van der Waals surface area contributed by atoms with Gasteiger partial charge in [0.2, 0.25) is 11.8 Å². The summed E-state index contributed by atoms with van der Waals surface area (Å²) in [5, 5.41) is 2.80. The van der Waals surface area contributed by atoms with Crippen molar-refractivity contribution in [3.8, 4) is 0 Å². The van der Waals surface area contributed by atoms with Gasteiger partial charge in [-0.15, -0.1) is 0 Å². The Morgan fingerprint density at radius 2 is 2.00 bits per heavy atom. The summed E-state index contributed by atoms with van der Waals surface area (Å²) in [6, 6.07) is 6.77. The maximum absolute atomic E-state index is 11.8. The summed E-state index contributed by atoms with van der Waals surface area (Å²) in [6.45, 7) is 1.37. The summed E-state index contributed by atoms with van der Waals surface area (Å²) in [7, 11) is 0. The van der Waals surface area contributed by atoms with E-state index >= 15 is 0 Å². The SMILES string of the molecule is NC(=O)C1CCCN1CCC(=O)Nc1ccc(N)cc1. The summed E-state index contributed by atoms with van der Waals surface area (Å²) in [6.07, 6.45) is 2.08. The van der Waals surface area contributed by atoms with E-state index in [2.05, 4.69) is 5.32 Å². The van der Waals surface area contributed by atoms with Crippen LogP contribution in [0.5, 0.6) is 0 Å². The Kier molecular flexibility index (Phi) is 4.57. The number of rotatable bonds is 5. The third-order valence-electron chi connectivity index (χ3n) is 3.51. The first-order valence-electron chi connectivity index (χ1n) is 6.75. The van der Waals surface area contributed by atoms with Crippen molar-refractivity contribution in [1.29, 1.82) is 0 Å². The number of carbonyl (C=O) groups excluding carboxylic acids is 2. The van der Waals surface area contributed by atoms with E-state index < -0.39 is 0 Å². The zero-order valence-corrected chi connectivity index (χ0v) is 11.3. The normalized spacial score (nSPS) is 18.9. The van der Waals surface area contributed by atoms with Crippen molar-refractivity contribution in [1.82, 2.24) is 4.90 Å². The molecule has 2 rings (SSSR count). The van der Waals surface area contributed by atoms with E-state index in [1.165, 1.54) is 0 Å². The first kappa shape index (κ1) is 14.3. The fraction of sp³-hybridized carbons (Fsp3) is 0.429. The maximum atomic E-state index is 11.8. The minimum Gasteiger partial charge on any atom is -0.399 e. The molecular formula is C14H20N4O2. The standard InChI is InChI=1S/C14H20N4O2/c15-10-3-5-11(6-4-10)17-13(19)7-9-18-8-1-2-12(18)14(16)20/h3-6,12H,1-2,7-9,15H2,(H2,16,20)(H,17,19). The number of nitrogen functional groups attached to an aromatic ring is 1. The number of primary amides is 1. The van der Waals surface area contributed by atoms with E-state index in [1.807, 2.05) is 4.90 Å². The molecule has 1 aromatic rings. The smallest absolute Gasteiger partial charge is 0.234 e. The van der Waals surface area contributed by atoms with Crippen LogP contribution in [0.25, 0.3) is 0 Å². The number of nitrogens with zero attached hydrogens (tertiary/aromatic N) is 1. The number of hydrogen-bond donors (Lipinski definition) is 3. The number of carbonyl (C=O) groups is 2. The third-order valence-corrected chi connectivity index (χ3v) is 3.51. The Hall–Kier alpha value is -2.08. The Bertz CT molecular complexity index is 486. The molecule has 5 N–H and O–H groups in total. The molecule has 0 bridgehead atoms. The van der Waals surface area contributed by atoms with Crippen molar-refractivity contribution in [2.24, 2.45) is 5.73 Å². The lowest BCUT2D eigenvalue weighted by molar-refractivity contribution is -0.123. The molecule has 1 heterocycles. The molecule has 1 unspecified atom stereocenters. The third kappa shape index (κ3) is 3.71. The number of hydrogen-bond acceptors (Lipinski definition) is 4. The van der Waals surface area contributed by atoms with Gasteiger partial charge in [-0.25, -0.2) is 0 Å². The number of amides is 2. The number of nitrogens with two attached hydrogens (primary N) is 2. The molecule has 6 nitrogen and oxygen atoms in total. The van der Waals surface area contributed by atoms with Gasteiger partial charge in [0, 0.05) is 24.3 Å². The summed E-state index contributed by atoms with van der Waals surface area (Å²) >= 11 is 0. The van der Waals surface area contributed by atoms with Crippen LogP contribution in [0.1, 0.15) is 19.3 Å². The van der Waals surface area contributed by atoms with Gasteiger partial charge >= 0.3 is 0 Å². The van der Waals surface area contributed by atoms with Crippen LogP contribution in [0.3, 0.4) is 0 Å². The molecule has 1 aliphatic heterocycles. The van der Waals surface area contributed by atoms with Gasteiger partial charge in [0.15, 0.2) is 0 Å². The van der Waals surface area contributed by atoms with Gasteiger partial charge in [-0.05, 0) is 43.7 Å². The van der Waals surface area contributed by atoms with Crippen LogP contribution in [-0.4, -0.2) is 35.8 Å². The molecule has 20 heavy (non-hydrogen) atoms. The predicted octanol–water partition coefficient (Wildman–Crippen LogP) is 0.547. The molecule has 108 valence electrons. The molecule has 1 fully saturated rings. The van der Waals surface area contributed by atoms with Gasteiger partial charge in [-0.1, -0.05) is 0 Å². The first-order valence-corrected chi connectivity index (χ1v) is 6.75. The fourth-order valence-corrected chi connectivity index (χ4v) is 2.45. The molecule has 1 aromatic carbocycles. The molecule has 0 aromatic heterocycles. The molecule has 0 saturated carbocycles. The Balaban J connectivity index is 1.80. The van der Waals surface area contributed by atoms with E-state index in [0.29, 0.717) is 18.7 Å². The number of nitrogens with one attached hydrogen (secondary N) is 1. The van der Waals surface area contributed by atoms with E-state index in [4.69, 9.17) is 11.5 Å². The quantitative estimate of drug-likeness (QED) is 0.683. The second-order valence-corrected chi connectivity index (χ2v) is 5.02. The van der Waals surface area contributed by atoms with Gasteiger partial charge in [0.1, 0.15) is 0 Å². The van der Waals surface area contributed by atoms with Crippen LogP contribution in [0.4, 0.5) is 11.4 Å². The minimum absolute atomic E-state index is 0.0788. The number of likely N-dealkylation sites (tertiary alicyclic amines) is 1. The largest absolute Gasteiger partial charge is 0.399 e. The van der Waals surface area contributed by atoms with E-state index in [0.717, 1.165) is 25.1 Å². The highest BCUT2D eigenvalue weighted by molar-refractivity contribution is 5.91. The Morgan fingerprint density at radius 1 is 1.30 bits per heavy atom. The highest BCUT2D eigenvalue weighted by Gasteiger charge is 2.28. The molecule has 6 heteroatoms. The molecule has 1 atom stereocenters. The van der Waals surface area contributed by atoms with Crippen LogP contribution < -0.4 is 16.8 Å². The molecule has 0 radical (unpaired) electrons. The number of benzene rings is 1. The van der Waals surface area contributed by atoms with Crippen molar-refractivity contribution in [2.45, 2.75) is 25.3 Å². The van der Waals surface area contributed by atoms with Crippen LogP contribution in [0.15, 0.2) is 24.3 Å². The highest BCUT2D eigenvalue weighted by Crippen LogP contribution is 2.17. The van der Waals surface area contributed by atoms with Crippen molar-refractivity contribution in [3.63, 3.8) is 0 Å². The van der Waals surface area contributed by atoms with Crippen LogP contribution in [0, 0.1) is 0 Å². The van der Waals surface area contributed by atoms with Gasteiger partial charge in [0.05, 0.1) is 6.04 Å². The summed E-state index contributed by atoms with van der Waals surface area (Å²) in [5.41, 5.74) is 12.3. The second kappa shape index (κ2) is 6.38. The van der Waals surface area contributed by atoms with Gasteiger partial charge < -0.3 is 16.8 Å². The molecule has 1 saturated heterocycles. The van der Waals surface area contributed by atoms with Crippen LogP contribution in [0.2, 0.25) is 0 Å². The zero-order chi connectivity index (χ0) is 14.5. The highest BCUT2D eigenvalue weighted by atomic mass is 16.2. The number of anilines is 2. The van der Waals surface area contributed by atoms with Crippen molar-refractivity contribution in [3.05, 3.63) is 24.3 Å². The molecular weight excluding hydrogens is 256 g/mol.